The number of anilines is 1. The number of amides is 1. The molecule has 0 bridgehead atoms. The maximum atomic E-state index is 13.1. The Hall–Kier alpha value is -3.00. The van der Waals surface area contributed by atoms with Crippen molar-refractivity contribution in [2.75, 3.05) is 5.32 Å². The highest BCUT2D eigenvalue weighted by Crippen LogP contribution is 2.23. The molecule has 30 heavy (non-hydrogen) atoms. The van der Waals surface area contributed by atoms with E-state index in [1.54, 1.807) is 23.1 Å². The first-order valence-corrected chi connectivity index (χ1v) is 10.4. The monoisotopic (exact) mass is 408 g/mol. The average molecular weight is 409 g/mol. The number of hydrogen-bond donors (Lipinski definition) is 3. The molecule has 3 aromatic rings. The van der Waals surface area contributed by atoms with E-state index in [0.717, 1.165) is 42.3 Å². The molecule has 1 fully saturated rings. The molecule has 4 rings (SSSR count). The molecule has 0 saturated heterocycles. The van der Waals surface area contributed by atoms with Crippen molar-refractivity contribution in [3.05, 3.63) is 47.4 Å². The van der Waals surface area contributed by atoms with E-state index in [2.05, 4.69) is 25.7 Å². The molecule has 3 N–H and O–H groups in total. The molecular weight excluding hydrogens is 380 g/mol. The Morgan fingerprint density at radius 2 is 2.00 bits per heavy atom. The fourth-order valence-corrected chi connectivity index (χ4v) is 4.00. The standard InChI is InChI=1S/C22H28N6O2/c1-13(19-12-24-28(3)14(19)2)25-21(30)18-6-4-5-15-11-23-22(27-20(15)18)26-16-7-9-17(29)10-8-16/h4-6,11-13,16-17,29H,7-10H2,1-3H3,(H,25,30)(H,23,26,27)/t13?,16-,17-. The topological polar surface area (TPSA) is 105 Å². The molecule has 8 heteroatoms. The van der Waals surface area contributed by atoms with Crippen LogP contribution in [0.5, 0.6) is 0 Å². The van der Waals surface area contributed by atoms with Crippen LogP contribution in [0.25, 0.3) is 10.9 Å². The second kappa shape index (κ2) is 8.39. The van der Waals surface area contributed by atoms with Gasteiger partial charge in [-0.2, -0.15) is 5.10 Å². The molecule has 1 saturated carbocycles. The van der Waals surface area contributed by atoms with Crippen molar-refractivity contribution in [2.45, 2.75) is 57.7 Å². The van der Waals surface area contributed by atoms with Gasteiger partial charge in [0.15, 0.2) is 0 Å². The SMILES string of the molecule is Cc1c(C(C)NC(=O)c2cccc3cnc(N[C@H]4CC[C@H](O)CC4)nc23)cnn1C. The minimum Gasteiger partial charge on any atom is -0.393 e. The highest BCUT2D eigenvalue weighted by molar-refractivity contribution is 6.05. The van der Waals surface area contributed by atoms with Crippen LogP contribution in [-0.2, 0) is 7.05 Å². The smallest absolute Gasteiger partial charge is 0.253 e. The van der Waals surface area contributed by atoms with Crippen molar-refractivity contribution >= 4 is 22.8 Å². The van der Waals surface area contributed by atoms with Crippen LogP contribution in [0.15, 0.2) is 30.6 Å². The van der Waals surface area contributed by atoms with Gasteiger partial charge in [0.1, 0.15) is 0 Å². The van der Waals surface area contributed by atoms with Crippen molar-refractivity contribution < 1.29 is 9.90 Å². The highest BCUT2D eigenvalue weighted by Gasteiger charge is 2.21. The fourth-order valence-electron chi connectivity index (χ4n) is 4.00. The van der Waals surface area contributed by atoms with E-state index in [1.165, 1.54) is 0 Å². The molecular formula is C22H28N6O2. The molecule has 0 aliphatic heterocycles. The Morgan fingerprint density at radius 3 is 2.70 bits per heavy atom. The normalized spacial score (nSPS) is 20.1. The molecule has 2 heterocycles. The number of aryl methyl sites for hydroxylation is 1. The van der Waals surface area contributed by atoms with Crippen LogP contribution in [0, 0.1) is 6.92 Å². The van der Waals surface area contributed by atoms with Crippen molar-refractivity contribution in [2.24, 2.45) is 7.05 Å². The second-order valence-corrected chi connectivity index (χ2v) is 8.09. The van der Waals surface area contributed by atoms with Gasteiger partial charge in [-0.05, 0) is 45.6 Å². The minimum absolute atomic E-state index is 0.172. The zero-order chi connectivity index (χ0) is 21.3. The summed E-state index contributed by atoms with van der Waals surface area (Å²) in [6.45, 7) is 3.94. The van der Waals surface area contributed by atoms with Gasteiger partial charge in [-0.1, -0.05) is 12.1 Å². The van der Waals surface area contributed by atoms with E-state index in [0.29, 0.717) is 17.0 Å². The predicted octanol–water partition coefficient (Wildman–Crippen LogP) is 2.88. The van der Waals surface area contributed by atoms with E-state index in [-0.39, 0.29) is 24.1 Å². The molecule has 1 aromatic carbocycles. The quantitative estimate of drug-likeness (QED) is 0.600. The number of carbonyl (C=O) groups excluding carboxylic acids is 1. The number of aliphatic hydroxyl groups excluding tert-OH is 1. The van der Waals surface area contributed by atoms with Crippen molar-refractivity contribution in [1.29, 1.82) is 0 Å². The van der Waals surface area contributed by atoms with E-state index in [1.807, 2.05) is 33.0 Å². The van der Waals surface area contributed by atoms with Crippen LogP contribution in [0.3, 0.4) is 0 Å². The van der Waals surface area contributed by atoms with E-state index >= 15 is 0 Å². The number of benzene rings is 1. The van der Waals surface area contributed by atoms with Gasteiger partial charge in [0, 0.05) is 35.9 Å². The van der Waals surface area contributed by atoms with Crippen molar-refractivity contribution in [3.63, 3.8) is 0 Å². The van der Waals surface area contributed by atoms with Crippen molar-refractivity contribution in [1.82, 2.24) is 25.1 Å². The van der Waals surface area contributed by atoms with E-state index < -0.39 is 0 Å². The Balaban J connectivity index is 1.55. The molecule has 1 atom stereocenters. The zero-order valence-corrected chi connectivity index (χ0v) is 17.6. The van der Waals surface area contributed by atoms with Crippen LogP contribution in [0.1, 0.15) is 60.3 Å². The largest absolute Gasteiger partial charge is 0.393 e. The molecule has 8 nitrogen and oxygen atoms in total. The summed E-state index contributed by atoms with van der Waals surface area (Å²) in [6.07, 6.45) is 6.65. The summed E-state index contributed by atoms with van der Waals surface area (Å²) in [4.78, 5) is 22.1. The summed E-state index contributed by atoms with van der Waals surface area (Å²) in [5.41, 5.74) is 3.15. The molecule has 0 radical (unpaired) electrons. The van der Waals surface area contributed by atoms with E-state index in [9.17, 15) is 9.90 Å². The summed E-state index contributed by atoms with van der Waals surface area (Å²) in [5.74, 6) is 0.335. The third-order valence-electron chi connectivity index (χ3n) is 5.97. The van der Waals surface area contributed by atoms with Gasteiger partial charge in [-0.3, -0.25) is 9.48 Å². The summed E-state index contributed by atoms with van der Waals surface area (Å²) in [6, 6.07) is 5.60. The second-order valence-electron chi connectivity index (χ2n) is 8.09. The Bertz CT molecular complexity index is 1050. The van der Waals surface area contributed by atoms with Crippen LogP contribution in [-0.4, -0.2) is 42.9 Å². The molecule has 1 amide bonds. The van der Waals surface area contributed by atoms with Gasteiger partial charge < -0.3 is 15.7 Å². The lowest BCUT2D eigenvalue weighted by molar-refractivity contribution is 0.0941. The number of fused-ring (bicyclic) bond motifs is 1. The third kappa shape index (κ3) is 4.14. The fraction of sp³-hybridized carbons (Fsp3) is 0.455. The van der Waals surface area contributed by atoms with Gasteiger partial charge in [-0.15, -0.1) is 0 Å². The number of nitrogens with one attached hydrogen (secondary N) is 2. The number of aliphatic hydroxyl groups is 1. The average Bonchev–Trinajstić information content (AvgIpc) is 3.07. The van der Waals surface area contributed by atoms with Gasteiger partial charge >= 0.3 is 0 Å². The summed E-state index contributed by atoms with van der Waals surface area (Å²) < 4.78 is 1.80. The molecule has 2 aromatic heterocycles. The van der Waals surface area contributed by atoms with Crippen LogP contribution in [0.2, 0.25) is 0 Å². The number of aromatic nitrogens is 4. The number of hydrogen-bond acceptors (Lipinski definition) is 6. The summed E-state index contributed by atoms with van der Waals surface area (Å²) in [7, 11) is 1.89. The third-order valence-corrected chi connectivity index (χ3v) is 5.97. The molecule has 158 valence electrons. The van der Waals surface area contributed by atoms with Crippen LogP contribution >= 0.6 is 0 Å². The first kappa shape index (κ1) is 20.3. The lowest BCUT2D eigenvalue weighted by atomic mass is 9.93. The Kier molecular flexibility index (Phi) is 5.67. The number of rotatable bonds is 5. The first-order valence-electron chi connectivity index (χ1n) is 10.4. The number of nitrogens with zero attached hydrogens (tertiary/aromatic N) is 4. The maximum Gasteiger partial charge on any atom is 0.253 e. The van der Waals surface area contributed by atoms with Crippen molar-refractivity contribution in [3.8, 4) is 0 Å². The first-order chi connectivity index (χ1) is 14.4. The van der Waals surface area contributed by atoms with Gasteiger partial charge in [-0.25, -0.2) is 9.97 Å². The van der Waals surface area contributed by atoms with Crippen LogP contribution in [0.4, 0.5) is 5.95 Å². The minimum atomic E-state index is -0.207. The zero-order valence-electron chi connectivity index (χ0n) is 17.6. The Labute approximate surface area is 175 Å². The molecule has 0 spiro atoms. The molecule has 1 aliphatic carbocycles. The number of para-hydroxylation sites is 1. The predicted molar refractivity (Wildman–Crippen MR) is 115 cm³/mol. The van der Waals surface area contributed by atoms with Gasteiger partial charge in [0.2, 0.25) is 5.95 Å². The van der Waals surface area contributed by atoms with Crippen LogP contribution < -0.4 is 10.6 Å². The van der Waals surface area contributed by atoms with E-state index in [4.69, 9.17) is 0 Å². The summed E-state index contributed by atoms with van der Waals surface area (Å²) >= 11 is 0. The van der Waals surface area contributed by atoms with Gasteiger partial charge in [0.05, 0.1) is 29.4 Å². The van der Waals surface area contributed by atoms with Gasteiger partial charge in [0.25, 0.3) is 5.91 Å². The maximum absolute atomic E-state index is 13.1. The summed E-state index contributed by atoms with van der Waals surface area (Å²) in [5, 5.41) is 21.2. The highest BCUT2D eigenvalue weighted by atomic mass is 16.3. The number of carbonyl (C=O) groups is 1. The lowest BCUT2D eigenvalue weighted by Crippen LogP contribution is -2.29. The molecule has 1 unspecified atom stereocenters. The lowest BCUT2D eigenvalue weighted by Gasteiger charge is -2.26. The Morgan fingerprint density at radius 1 is 1.23 bits per heavy atom. The molecule has 1 aliphatic rings.